The molecular formula is C19H20N2O4S2. The number of thiocarbonyl (C=S) groups is 1. The van der Waals surface area contributed by atoms with Crippen LogP contribution in [0.25, 0.3) is 6.08 Å². The predicted octanol–water partition coefficient (Wildman–Crippen LogP) is 2.74. The predicted molar refractivity (Wildman–Crippen MR) is 108 cm³/mol. The van der Waals surface area contributed by atoms with E-state index in [1.54, 1.807) is 13.0 Å². The number of benzene rings is 1. The van der Waals surface area contributed by atoms with Gasteiger partial charge in [-0.25, -0.2) is 4.79 Å². The molecule has 1 N–H and O–H groups in total. The van der Waals surface area contributed by atoms with Gasteiger partial charge in [-0.3, -0.25) is 14.5 Å². The molecule has 0 aliphatic carbocycles. The SMILES string of the molecule is CC(C(=O)N1CCCCC1C(=O)O)N1C(=O)C(=Cc2ccccc2)SC1=S. The Balaban J connectivity index is 1.79. The number of aliphatic carboxylic acids is 1. The summed E-state index contributed by atoms with van der Waals surface area (Å²) in [5.74, 6) is -1.71. The van der Waals surface area contributed by atoms with E-state index in [-0.39, 0.29) is 11.8 Å². The Kier molecular flexibility index (Phi) is 5.96. The fourth-order valence-corrected chi connectivity index (χ4v) is 4.74. The van der Waals surface area contributed by atoms with Gasteiger partial charge >= 0.3 is 5.97 Å². The second-order valence-corrected chi connectivity index (χ2v) is 8.20. The van der Waals surface area contributed by atoms with Crippen LogP contribution in [0.2, 0.25) is 0 Å². The van der Waals surface area contributed by atoms with E-state index in [0.717, 1.165) is 30.2 Å². The van der Waals surface area contributed by atoms with Crippen LogP contribution in [0.4, 0.5) is 0 Å². The molecule has 0 aromatic heterocycles. The summed E-state index contributed by atoms with van der Waals surface area (Å²) in [6, 6.07) is 7.73. The highest BCUT2D eigenvalue weighted by molar-refractivity contribution is 8.26. The van der Waals surface area contributed by atoms with Crippen LogP contribution in [-0.4, -0.2) is 55.6 Å². The van der Waals surface area contributed by atoms with Crippen molar-refractivity contribution in [1.29, 1.82) is 0 Å². The first-order chi connectivity index (χ1) is 12.9. The second-order valence-electron chi connectivity index (χ2n) is 6.52. The molecule has 1 aromatic carbocycles. The molecule has 2 unspecified atom stereocenters. The number of carbonyl (C=O) groups excluding carboxylic acids is 2. The highest BCUT2D eigenvalue weighted by atomic mass is 32.2. The number of hydrogen-bond acceptors (Lipinski definition) is 5. The smallest absolute Gasteiger partial charge is 0.326 e. The molecule has 2 fully saturated rings. The summed E-state index contributed by atoms with van der Waals surface area (Å²) in [6.07, 6.45) is 3.71. The molecule has 0 radical (unpaired) electrons. The molecule has 1 aromatic rings. The molecule has 142 valence electrons. The molecule has 2 heterocycles. The van der Waals surface area contributed by atoms with Gasteiger partial charge in [-0.2, -0.15) is 0 Å². The van der Waals surface area contributed by atoms with Gasteiger partial charge in [0.2, 0.25) is 5.91 Å². The van der Waals surface area contributed by atoms with E-state index in [1.165, 1.54) is 9.80 Å². The van der Waals surface area contributed by atoms with Gasteiger partial charge in [0, 0.05) is 6.54 Å². The van der Waals surface area contributed by atoms with Crippen molar-refractivity contribution in [2.45, 2.75) is 38.3 Å². The quantitative estimate of drug-likeness (QED) is 0.614. The van der Waals surface area contributed by atoms with Gasteiger partial charge in [0.1, 0.15) is 16.4 Å². The zero-order chi connectivity index (χ0) is 19.6. The molecule has 8 heteroatoms. The zero-order valence-electron chi connectivity index (χ0n) is 14.8. The number of thioether (sulfide) groups is 1. The lowest BCUT2D eigenvalue weighted by Gasteiger charge is -2.36. The summed E-state index contributed by atoms with van der Waals surface area (Å²) in [5, 5.41) is 9.40. The molecule has 6 nitrogen and oxygen atoms in total. The highest BCUT2D eigenvalue weighted by Crippen LogP contribution is 2.34. The van der Waals surface area contributed by atoms with Gasteiger partial charge in [-0.05, 0) is 37.8 Å². The standard InChI is InChI=1S/C19H20N2O4S2/c1-12(16(22)20-10-6-5-9-14(20)18(24)25)21-17(23)15(27-19(21)26)11-13-7-3-2-4-8-13/h2-4,7-8,11-12,14H,5-6,9-10H2,1H3,(H,24,25). The average Bonchev–Trinajstić information content (AvgIpc) is 2.94. The molecule has 0 saturated carbocycles. The average molecular weight is 405 g/mol. The third kappa shape index (κ3) is 4.06. The van der Waals surface area contributed by atoms with E-state index >= 15 is 0 Å². The van der Waals surface area contributed by atoms with Crippen molar-refractivity contribution in [1.82, 2.24) is 9.80 Å². The van der Waals surface area contributed by atoms with Crippen LogP contribution in [0.5, 0.6) is 0 Å². The van der Waals surface area contributed by atoms with E-state index < -0.39 is 18.1 Å². The van der Waals surface area contributed by atoms with Crippen LogP contribution in [0, 0.1) is 0 Å². The van der Waals surface area contributed by atoms with Crippen molar-refractivity contribution in [3.8, 4) is 0 Å². The topological polar surface area (TPSA) is 77.9 Å². The van der Waals surface area contributed by atoms with Crippen LogP contribution in [-0.2, 0) is 14.4 Å². The van der Waals surface area contributed by atoms with Crippen LogP contribution in [0.15, 0.2) is 35.2 Å². The van der Waals surface area contributed by atoms with Crippen LogP contribution >= 0.6 is 24.0 Å². The number of likely N-dealkylation sites (tertiary alicyclic amines) is 1. The van der Waals surface area contributed by atoms with Crippen LogP contribution in [0.1, 0.15) is 31.7 Å². The minimum atomic E-state index is -1.01. The summed E-state index contributed by atoms with van der Waals surface area (Å²) in [5.41, 5.74) is 0.874. The van der Waals surface area contributed by atoms with Crippen molar-refractivity contribution in [2.24, 2.45) is 0 Å². The third-order valence-electron chi connectivity index (χ3n) is 4.74. The lowest BCUT2D eigenvalue weighted by Crippen LogP contribution is -2.55. The number of piperidine rings is 1. The Bertz CT molecular complexity index is 809. The highest BCUT2D eigenvalue weighted by Gasteiger charge is 2.42. The molecule has 2 amide bonds. The van der Waals surface area contributed by atoms with E-state index in [2.05, 4.69) is 0 Å². The zero-order valence-corrected chi connectivity index (χ0v) is 16.5. The Labute approximate surface area is 167 Å². The Morgan fingerprint density at radius 1 is 1.30 bits per heavy atom. The Morgan fingerprint density at radius 2 is 2.00 bits per heavy atom. The fourth-order valence-electron chi connectivity index (χ4n) is 3.32. The number of nitrogens with zero attached hydrogens (tertiary/aromatic N) is 2. The van der Waals surface area contributed by atoms with Gasteiger partial charge in [-0.1, -0.05) is 54.3 Å². The van der Waals surface area contributed by atoms with Gasteiger partial charge in [0.15, 0.2) is 0 Å². The summed E-state index contributed by atoms with van der Waals surface area (Å²) in [6.45, 7) is 1.99. The van der Waals surface area contributed by atoms with Crippen molar-refractivity contribution in [3.05, 3.63) is 40.8 Å². The largest absolute Gasteiger partial charge is 0.480 e. The molecule has 0 spiro atoms. The van der Waals surface area contributed by atoms with Gasteiger partial charge in [-0.15, -0.1) is 0 Å². The van der Waals surface area contributed by atoms with E-state index in [9.17, 15) is 19.5 Å². The Morgan fingerprint density at radius 3 is 2.67 bits per heavy atom. The fraction of sp³-hybridized carbons (Fsp3) is 0.368. The van der Waals surface area contributed by atoms with Crippen molar-refractivity contribution >= 4 is 52.2 Å². The molecule has 2 saturated heterocycles. The van der Waals surface area contributed by atoms with Gasteiger partial charge < -0.3 is 10.0 Å². The van der Waals surface area contributed by atoms with Gasteiger partial charge in [0.25, 0.3) is 5.91 Å². The molecule has 2 aliphatic rings. The maximum atomic E-state index is 12.9. The first kappa shape index (κ1) is 19.6. The van der Waals surface area contributed by atoms with E-state index in [1.807, 2.05) is 30.3 Å². The number of carbonyl (C=O) groups is 3. The first-order valence-corrected chi connectivity index (χ1v) is 9.98. The van der Waals surface area contributed by atoms with E-state index in [4.69, 9.17) is 12.2 Å². The van der Waals surface area contributed by atoms with Gasteiger partial charge in [0.05, 0.1) is 4.91 Å². The Hall–Kier alpha value is -2.19. The second kappa shape index (κ2) is 8.22. The molecular weight excluding hydrogens is 384 g/mol. The lowest BCUT2D eigenvalue weighted by molar-refractivity contribution is -0.154. The lowest BCUT2D eigenvalue weighted by atomic mass is 10.0. The molecule has 2 atom stereocenters. The van der Waals surface area contributed by atoms with Crippen LogP contribution in [0.3, 0.4) is 0 Å². The van der Waals surface area contributed by atoms with Crippen LogP contribution < -0.4 is 0 Å². The van der Waals surface area contributed by atoms with Crippen molar-refractivity contribution in [2.75, 3.05) is 6.54 Å². The third-order valence-corrected chi connectivity index (χ3v) is 6.07. The van der Waals surface area contributed by atoms with Crippen molar-refractivity contribution in [3.63, 3.8) is 0 Å². The normalized spacial score (nSPS) is 23.0. The number of carboxylic acid groups (broad SMARTS) is 1. The first-order valence-electron chi connectivity index (χ1n) is 8.75. The van der Waals surface area contributed by atoms with Crippen molar-refractivity contribution < 1.29 is 19.5 Å². The number of rotatable bonds is 4. The minimum absolute atomic E-state index is 0.312. The summed E-state index contributed by atoms with van der Waals surface area (Å²) < 4.78 is 0.312. The summed E-state index contributed by atoms with van der Waals surface area (Å²) in [7, 11) is 0. The molecule has 2 aliphatic heterocycles. The monoisotopic (exact) mass is 404 g/mol. The number of hydrogen-bond donors (Lipinski definition) is 1. The minimum Gasteiger partial charge on any atom is -0.480 e. The maximum Gasteiger partial charge on any atom is 0.326 e. The van der Waals surface area contributed by atoms with E-state index in [0.29, 0.717) is 22.2 Å². The number of carboxylic acids is 1. The number of amides is 2. The molecule has 27 heavy (non-hydrogen) atoms. The molecule has 3 rings (SSSR count). The maximum absolute atomic E-state index is 12.9. The molecule has 0 bridgehead atoms. The summed E-state index contributed by atoms with van der Waals surface area (Å²) >= 11 is 6.49. The summed E-state index contributed by atoms with van der Waals surface area (Å²) in [4.78, 5) is 40.4.